The second kappa shape index (κ2) is 9.37. The number of Topliss-reactive ketones (excluding diaryl/α,β-unsaturated/α-hetero) is 1. The summed E-state index contributed by atoms with van der Waals surface area (Å²) >= 11 is 5.98. The van der Waals surface area contributed by atoms with Crippen molar-refractivity contribution in [3.63, 3.8) is 0 Å². The molecule has 4 rings (SSSR count). The Hall–Kier alpha value is -3.55. The van der Waals surface area contributed by atoms with E-state index < -0.39 is 23.7 Å². The number of rotatable bonds is 8. The highest BCUT2D eigenvalue weighted by molar-refractivity contribution is 6.30. The molecule has 0 bridgehead atoms. The normalized spacial score (nSPS) is 16.9. The van der Waals surface area contributed by atoms with Gasteiger partial charge in [0, 0.05) is 16.1 Å². The molecule has 0 saturated carbocycles. The lowest BCUT2D eigenvalue weighted by Gasteiger charge is -2.23. The Balaban J connectivity index is 1.68. The number of hydrogen-bond donors (Lipinski definition) is 1. The monoisotopic (exact) mass is 481 g/mol. The van der Waals surface area contributed by atoms with Gasteiger partial charge < -0.3 is 24.2 Å². The van der Waals surface area contributed by atoms with Gasteiger partial charge in [0.25, 0.3) is 5.91 Å². The van der Waals surface area contributed by atoms with Crippen LogP contribution in [0.25, 0.3) is 0 Å². The number of carbonyl (C=O) groups excluding carboxylic acids is 2. The number of methoxy groups -OCH3 is 3. The fourth-order valence-corrected chi connectivity index (χ4v) is 4.31. The predicted octanol–water partition coefficient (Wildman–Crippen LogP) is 4.37. The molecule has 8 heteroatoms. The minimum atomic E-state index is -2.01. The molecule has 176 valence electrons. The predicted molar refractivity (Wildman–Crippen MR) is 128 cm³/mol. The number of halogens is 1. The van der Waals surface area contributed by atoms with Gasteiger partial charge in [0.15, 0.2) is 22.9 Å². The number of benzene rings is 3. The lowest BCUT2D eigenvalue weighted by Crippen LogP contribution is -2.41. The van der Waals surface area contributed by atoms with E-state index in [2.05, 4.69) is 0 Å². The van der Waals surface area contributed by atoms with Gasteiger partial charge in [-0.25, -0.2) is 0 Å². The van der Waals surface area contributed by atoms with Crippen LogP contribution in [0.4, 0.5) is 5.69 Å². The summed E-state index contributed by atoms with van der Waals surface area (Å²) in [6, 6.07) is 17.1. The number of para-hydroxylation sites is 1. The van der Waals surface area contributed by atoms with Gasteiger partial charge in [0.1, 0.15) is 0 Å². The van der Waals surface area contributed by atoms with E-state index in [4.69, 9.17) is 25.8 Å². The van der Waals surface area contributed by atoms with Crippen LogP contribution in [0, 0.1) is 0 Å². The van der Waals surface area contributed by atoms with Crippen LogP contribution in [-0.2, 0) is 16.9 Å². The minimum absolute atomic E-state index is 0.226. The maximum absolute atomic E-state index is 13.5. The largest absolute Gasteiger partial charge is 0.493 e. The molecule has 1 unspecified atom stereocenters. The van der Waals surface area contributed by atoms with E-state index in [9.17, 15) is 14.7 Å². The molecule has 3 aromatic rings. The third-order valence-electron chi connectivity index (χ3n) is 5.90. The van der Waals surface area contributed by atoms with Crippen molar-refractivity contribution in [2.24, 2.45) is 0 Å². The molecule has 0 saturated heterocycles. The molecule has 1 heterocycles. The quantitative estimate of drug-likeness (QED) is 0.481. The molecule has 34 heavy (non-hydrogen) atoms. The second-order valence-electron chi connectivity index (χ2n) is 7.91. The average molecular weight is 482 g/mol. The molecule has 0 fully saturated rings. The highest BCUT2D eigenvalue weighted by Gasteiger charge is 2.50. The van der Waals surface area contributed by atoms with Gasteiger partial charge in [-0.2, -0.15) is 0 Å². The number of carbonyl (C=O) groups is 2. The van der Waals surface area contributed by atoms with Crippen LogP contribution in [0.5, 0.6) is 17.2 Å². The van der Waals surface area contributed by atoms with Crippen LogP contribution in [0.15, 0.2) is 60.7 Å². The first-order chi connectivity index (χ1) is 16.3. The fourth-order valence-electron chi connectivity index (χ4n) is 4.18. The molecule has 0 aromatic heterocycles. The van der Waals surface area contributed by atoms with E-state index in [0.717, 1.165) is 5.56 Å². The van der Waals surface area contributed by atoms with Crippen molar-refractivity contribution in [2.45, 2.75) is 18.6 Å². The van der Waals surface area contributed by atoms with Crippen molar-refractivity contribution in [2.75, 3.05) is 26.2 Å². The zero-order valence-corrected chi connectivity index (χ0v) is 19.8. The van der Waals surface area contributed by atoms with Crippen molar-refractivity contribution in [1.82, 2.24) is 0 Å². The highest BCUT2D eigenvalue weighted by Crippen LogP contribution is 2.44. The Kier molecular flexibility index (Phi) is 6.50. The molecular formula is C26H24ClNO6. The molecule has 1 atom stereocenters. The van der Waals surface area contributed by atoms with Crippen LogP contribution in [0.3, 0.4) is 0 Å². The summed E-state index contributed by atoms with van der Waals surface area (Å²) in [6.45, 7) is 0.230. The molecule has 1 aliphatic heterocycles. The van der Waals surface area contributed by atoms with Crippen molar-refractivity contribution in [3.8, 4) is 17.2 Å². The molecule has 1 N–H and O–H groups in total. The lowest BCUT2D eigenvalue weighted by molar-refractivity contribution is -0.136. The zero-order valence-electron chi connectivity index (χ0n) is 19.0. The summed E-state index contributed by atoms with van der Waals surface area (Å²) in [5, 5.41) is 12.2. The number of anilines is 1. The van der Waals surface area contributed by atoms with Crippen LogP contribution in [0.1, 0.15) is 27.9 Å². The molecule has 0 aliphatic carbocycles. The van der Waals surface area contributed by atoms with E-state index in [-0.39, 0.29) is 12.1 Å². The summed E-state index contributed by atoms with van der Waals surface area (Å²) in [7, 11) is 4.36. The molecule has 1 aliphatic rings. The number of amides is 1. The maximum atomic E-state index is 13.5. The number of hydrogen-bond acceptors (Lipinski definition) is 6. The van der Waals surface area contributed by atoms with E-state index in [1.165, 1.54) is 38.4 Å². The molecule has 0 spiro atoms. The average Bonchev–Trinajstić information content (AvgIpc) is 3.06. The van der Waals surface area contributed by atoms with Crippen molar-refractivity contribution in [3.05, 3.63) is 82.4 Å². The number of nitrogens with zero attached hydrogens (tertiary/aromatic N) is 1. The number of ether oxygens (including phenoxy) is 3. The van der Waals surface area contributed by atoms with Crippen LogP contribution in [-0.4, -0.2) is 38.1 Å². The first-order valence-corrected chi connectivity index (χ1v) is 10.9. The molecule has 1 amide bonds. The van der Waals surface area contributed by atoms with E-state index in [0.29, 0.717) is 33.5 Å². The van der Waals surface area contributed by atoms with E-state index in [1.54, 1.807) is 36.4 Å². The Morgan fingerprint density at radius 2 is 1.59 bits per heavy atom. The van der Waals surface area contributed by atoms with Gasteiger partial charge in [-0.15, -0.1) is 0 Å². The van der Waals surface area contributed by atoms with E-state index >= 15 is 0 Å². The fraction of sp³-hybridized carbons (Fsp3) is 0.231. The highest BCUT2D eigenvalue weighted by atomic mass is 35.5. The van der Waals surface area contributed by atoms with Gasteiger partial charge >= 0.3 is 0 Å². The Bertz CT molecular complexity index is 1220. The van der Waals surface area contributed by atoms with Crippen LogP contribution in [0.2, 0.25) is 5.02 Å². The van der Waals surface area contributed by atoms with E-state index in [1.807, 2.05) is 12.1 Å². The third-order valence-corrected chi connectivity index (χ3v) is 6.15. The standard InChI is InChI=1S/C26H24ClNO6/c1-32-22-12-17(13-23(33-2)24(22)34-3)21(29)14-26(31)19-6-4-5-7-20(19)28(25(26)30)15-16-8-10-18(27)11-9-16/h4-13,31H,14-15H2,1-3H3. The van der Waals surface area contributed by atoms with Gasteiger partial charge in [0.2, 0.25) is 5.75 Å². The maximum Gasteiger partial charge on any atom is 0.264 e. The Labute approximate surface area is 202 Å². The number of fused-ring (bicyclic) bond motifs is 1. The Morgan fingerprint density at radius 3 is 2.18 bits per heavy atom. The first kappa shape index (κ1) is 23.6. The van der Waals surface area contributed by atoms with Crippen molar-refractivity contribution in [1.29, 1.82) is 0 Å². The SMILES string of the molecule is COc1cc(C(=O)CC2(O)C(=O)N(Cc3ccc(Cl)cc3)c3ccccc32)cc(OC)c1OC. The van der Waals surface area contributed by atoms with Gasteiger partial charge in [0.05, 0.1) is 40.0 Å². The van der Waals surface area contributed by atoms with Crippen molar-refractivity contribution >= 4 is 29.0 Å². The summed E-state index contributed by atoms with van der Waals surface area (Å²) in [4.78, 5) is 28.3. The topological polar surface area (TPSA) is 85.3 Å². The third kappa shape index (κ3) is 4.08. The summed E-state index contributed by atoms with van der Waals surface area (Å²) in [6.07, 6.45) is -0.446. The molecule has 7 nitrogen and oxygen atoms in total. The van der Waals surface area contributed by atoms with Crippen LogP contribution < -0.4 is 19.1 Å². The van der Waals surface area contributed by atoms with Gasteiger partial charge in [-0.1, -0.05) is 41.9 Å². The second-order valence-corrected chi connectivity index (χ2v) is 8.35. The van der Waals surface area contributed by atoms with Gasteiger partial charge in [-0.3, -0.25) is 9.59 Å². The Morgan fingerprint density at radius 1 is 0.971 bits per heavy atom. The summed E-state index contributed by atoms with van der Waals surface area (Å²) < 4.78 is 16.0. The molecule has 3 aromatic carbocycles. The lowest BCUT2D eigenvalue weighted by atomic mass is 9.88. The zero-order chi connectivity index (χ0) is 24.5. The minimum Gasteiger partial charge on any atom is -0.493 e. The summed E-state index contributed by atoms with van der Waals surface area (Å²) in [5.41, 5.74) is -0.00459. The smallest absolute Gasteiger partial charge is 0.264 e. The molecular weight excluding hydrogens is 458 g/mol. The number of ketones is 1. The van der Waals surface area contributed by atoms with Crippen molar-refractivity contribution < 1.29 is 28.9 Å². The molecule has 0 radical (unpaired) electrons. The summed E-state index contributed by atoms with van der Waals surface area (Å²) in [5.74, 6) is -0.0567. The van der Waals surface area contributed by atoms with Gasteiger partial charge in [-0.05, 0) is 35.9 Å². The van der Waals surface area contributed by atoms with Crippen LogP contribution >= 0.6 is 11.6 Å². The number of aliphatic hydroxyl groups is 1. The first-order valence-electron chi connectivity index (χ1n) is 10.5.